The molecule has 2 aromatic carbocycles. The van der Waals surface area contributed by atoms with Gasteiger partial charge in [-0.1, -0.05) is 18.2 Å². The highest BCUT2D eigenvalue weighted by atomic mass is 16.5. The van der Waals surface area contributed by atoms with E-state index in [1.54, 1.807) is 12.3 Å². The maximum atomic E-state index is 12.4. The van der Waals surface area contributed by atoms with Crippen molar-refractivity contribution in [1.82, 2.24) is 4.98 Å². The summed E-state index contributed by atoms with van der Waals surface area (Å²) in [6.45, 7) is 0. The molecule has 3 N–H and O–H groups in total. The second kappa shape index (κ2) is 5.52. The SMILES string of the molecule is COc1cc(C2=NC(=O)C(c3c[nH]c4ccccc34)=C2)cc(O)c1O. The molecular weight excluding hydrogens is 320 g/mol. The third kappa shape index (κ3) is 2.35. The predicted octanol–water partition coefficient (Wildman–Crippen LogP) is 3.00. The molecule has 1 aliphatic heterocycles. The van der Waals surface area contributed by atoms with Crippen LogP contribution in [0.15, 0.2) is 53.7 Å². The fourth-order valence-electron chi connectivity index (χ4n) is 2.93. The van der Waals surface area contributed by atoms with Crippen LogP contribution in [-0.4, -0.2) is 33.9 Å². The van der Waals surface area contributed by atoms with Crippen molar-refractivity contribution in [3.8, 4) is 17.2 Å². The first-order valence-electron chi connectivity index (χ1n) is 7.60. The van der Waals surface area contributed by atoms with E-state index in [0.717, 1.165) is 16.5 Å². The highest BCUT2D eigenvalue weighted by Gasteiger charge is 2.24. The van der Waals surface area contributed by atoms with Crippen molar-refractivity contribution < 1.29 is 19.7 Å². The molecule has 1 aliphatic rings. The van der Waals surface area contributed by atoms with Gasteiger partial charge in [0, 0.05) is 28.2 Å². The zero-order chi connectivity index (χ0) is 17.6. The molecule has 0 atom stereocenters. The fourth-order valence-corrected chi connectivity index (χ4v) is 2.93. The van der Waals surface area contributed by atoms with Crippen molar-refractivity contribution in [3.63, 3.8) is 0 Å². The number of nitrogens with zero attached hydrogens (tertiary/aromatic N) is 1. The molecule has 1 aromatic heterocycles. The molecule has 0 spiro atoms. The Hall–Kier alpha value is -3.54. The van der Waals surface area contributed by atoms with Crippen molar-refractivity contribution in [2.45, 2.75) is 0 Å². The minimum Gasteiger partial charge on any atom is -0.504 e. The van der Waals surface area contributed by atoms with Crippen LogP contribution < -0.4 is 4.74 Å². The molecule has 6 heteroatoms. The van der Waals surface area contributed by atoms with Gasteiger partial charge < -0.3 is 19.9 Å². The number of aromatic nitrogens is 1. The monoisotopic (exact) mass is 334 g/mol. The Morgan fingerprint density at radius 2 is 1.96 bits per heavy atom. The smallest absolute Gasteiger partial charge is 0.278 e. The van der Waals surface area contributed by atoms with E-state index in [-0.39, 0.29) is 23.2 Å². The average Bonchev–Trinajstić information content (AvgIpc) is 3.20. The molecule has 0 fully saturated rings. The van der Waals surface area contributed by atoms with Crippen LogP contribution in [-0.2, 0) is 4.79 Å². The van der Waals surface area contributed by atoms with Gasteiger partial charge in [0.2, 0.25) is 5.75 Å². The van der Waals surface area contributed by atoms with E-state index in [4.69, 9.17) is 4.74 Å². The van der Waals surface area contributed by atoms with Crippen molar-refractivity contribution in [2.75, 3.05) is 7.11 Å². The summed E-state index contributed by atoms with van der Waals surface area (Å²) < 4.78 is 5.03. The molecule has 2 heterocycles. The largest absolute Gasteiger partial charge is 0.504 e. The molecule has 0 radical (unpaired) electrons. The van der Waals surface area contributed by atoms with Gasteiger partial charge >= 0.3 is 0 Å². The van der Waals surface area contributed by atoms with Gasteiger partial charge in [-0.05, 0) is 24.3 Å². The molecule has 0 saturated heterocycles. The minimum atomic E-state index is -0.355. The average molecular weight is 334 g/mol. The number of benzene rings is 2. The number of fused-ring (bicyclic) bond motifs is 1. The van der Waals surface area contributed by atoms with Gasteiger partial charge in [-0.2, -0.15) is 0 Å². The number of allylic oxidation sites excluding steroid dienone is 1. The highest BCUT2D eigenvalue weighted by Crippen LogP contribution is 2.37. The van der Waals surface area contributed by atoms with E-state index in [2.05, 4.69) is 9.98 Å². The fraction of sp³-hybridized carbons (Fsp3) is 0.0526. The minimum absolute atomic E-state index is 0.110. The van der Waals surface area contributed by atoms with Gasteiger partial charge in [0.25, 0.3) is 5.91 Å². The Labute approximate surface area is 142 Å². The number of hydrogen-bond acceptors (Lipinski definition) is 4. The lowest BCUT2D eigenvalue weighted by molar-refractivity contribution is -0.112. The number of carbonyl (C=O) groups excluding carboxylic acids is 1. The summed E-state index contributed by atoms with van der Waals surface area (Å²) in [6, 6.07) is 10.6. The van der Waals surface area contributed by atoms with Crippen LogP contribution in [0.1, 0.15) is 11.1 Å². The molecule has 124 valence electrons. The highest BCUT2D eigenvalue weighted by molar-refractivity contribution is 6.37. The van der Waals surface area contributed by atoms with Gasteiger partial charge in [0.05, 0.1) is 18.4 Å². The number of aliphatic imine (C=N–C) groups is 1. The molecule has 0 saturated carbocycles. The maximum Gasteiger partial charge on any atom is 0.278 e. The first-order valence-corrected chi connectivity index (χ1v) is 7.60. The Balaban J connectivity index is 1.80. The van der Waals surface area contributed by atoms with Crippen LogP contribution in [0.4, 0.5) is 0 Å². The second-order valence-corrected chi connectivity index (χ2v) is 5.65. The van der Waals surface area contributed by atoms with Crippen LogP contribution in [0, 0.1) is 0 Å². The lowest BCUT2D eigenvalue weighted by Crippen LogP contribution is -1.96. The Kier molecular flexibility index (Phi) is 3.32. The summed E-state index contributed by atoms with van der Waals surface area (Å²) in [5.41, 5.74) is 3.06. The summed E-state index contributed by atoms with van der Waals surface area (Å²) in [5, 5.41) is 20.5. The molecule has 1 amide bonds. The lowest BCUT2D eigenvalue weighted by atomic mass is 10.0. The second-order valence-electron chi connectivity index (χ2n) is 5.65. The van der Waals surface area contributed by atoms with Crippen LogP contribution in [0.3, 0.4) is 0 Å². The molecule has 6 nitrogen and oxygen atoms in total. The number of rotatable bonds is 3. The normalized spacial score (nSPS) is 13.9. The number of methoxy groups -OCH3 is 1. The van der Waals surface area contributed by atoms with Crippen molar-refractivity contribution in [3.05, 3.63) is 59.8 Å². The van der Waals surface area contributed by atoms with Crippen LogP contribution in [0.2, 0.25) is 0 Å². The number of hydrogen-bond donors (Lipinski definition) is 3. The molecule has 4 rings (SSSR count). The first-order chi connectivity index (χ1) is 12.1. The van der Waals surface area contributed by atoms with Gasteiger partial charge in [0.15, 0.2) is 11.5 Å². The van der Waals surface area contributed by atoms with Gasteiger partial charge in [-0.15, -0.1) is 0 Å². The van der Waals surface area contributed by atoms with E-state index in [1.807, 2.05) is 24.3 Å². The van der Waals surface area contributed by atoms with Crippen molar-refractivity contribution in [2.24, 2.45) is 4.99 Å². The van der Waals surface area contributed by atoms with Crippen molar-refractivity contribution in [1.29, 1.82) is 0 Å². The van der Waals surface area contributed by atoms with Crippen LogP contribution in [0.5, 0.6) is 17.2 Å². The molecular formula is C19H14N2O4. The number of carbonyl (C=O) groups is 1. The van der Waals surface area contributed by atoms with Crippen LogP contribution in [0.25, 0.3) is 16.5 Å². The Morgan fingerprint density at radius 1 is 1.16 bits per heavy atom. The summed E-state index contributed by atoms with van der Waals surface area (Å²) in [7, 11) is 1.38. The number of para-hydroxylation sites is 1. The third-order valence-corrected chi connectivity index (χ3v) is 4.18. The standard InChI is InChI=1S/C19H14N2O4/c1-25-17-7-10(6-16(22)18(17)23)15-8-12(19(24)21-15)13-9-20-14-5-3-2-4-11(13)14/h2-9,20,22-23H,1H3. The van der Waals surface area contributed by atoms with E-state index in [1.165, 1.54) is 19.2 Å². The number of aromatic amines is 1. The third-order valence-electron chi connectivity index (χ3n) is 4.18. The van der Waals surface area contributed by atoms with Gasteiger partial charge in [0.1, 0.15) is 0 Å². The van der Waals surface area contributed by atoms with Gasteiger partial charge in [-0.25, -0.2) is 4.99 Å². The molecule has 3 aromatic rings. The summed E-state index contributed by atoms with van der Waals surface area (Å²) >= 11 is 0. The number of phenolic OH excluding ortho intramolecular Hbond substituents is 2. The zero-order valence-electron chi connectivity index (χ0n) is 13.3. The number of amides is 1. The van der Waals surface area contributed by atoms with E-state index in [9.17, 15) is 15.0 Å². The topological polar surface area (TPSA) is 94.9 Å². The molecule has 0 bridgehead atoms. The zero-order valence-corrected chi connectivity index (χ0v) is 13.3. The Bertz CT molecular complexity index is 1080. The maximum absolute atomic E-state index is 12.4. The predicted molar refractivity (Wildman–Crippen MR) is 94.1 cm³/mol. The quantitative estimate of drug-likeness (QED) is 0.642. The van der Waals surface area contributed by atoms with E-state index in [0.29, 0.717) is 16.8 Å². The summed E-state index contributed by atoms with van der Waals surface area (Å²) in [4.78, 5) is 19.6. The number of nitrogens with one attached hydrogen (secondary N) is 1. The summed E-state index contributed by atoms with van der Waals surface area (Å²) in [5.74, 6) is -0.930. The lowest BCUT2D eigenvalue weighted by Gasteiger charge is -2.07. The van der Waals surface area contributed by atoms with Crippen molar-refractivity contribution >= 4 is 28.1 Å². The number of ether oxygens (including phenoxy) is 1. The molecule has 0 unspecified atom stereocenters. The first kappa shape index (κ1) is 15.0. The van der Waals surface area contributed by atoms with E-state index < -0.39 is 0 Å². The van der Waals surface area contributed by atoms with Crippen LogP contribution >= 0.6 is 0 Å². The van der Waals surface area contributed by atoms with E-state index >= 15 is 0 Å². The van der Waals surface area contributed by atoms with Gasteiger partial charge in [-0.3, -0.25) is 4.79 Å². The number of H-pyrrole nitrogens is 1. The summed E-state index contributed by atoms with van der Waals surface area (Å²) in [6.07, 6.45) is 3.45. The number of aromatic hydroxyl groups is 2. The Morgan fingerprint density at radius 3 is 2.76 bits per heavy atom. The molecule has 0 aliphatic carbocycles. The molecule has 25 heavy (non-hydrogen) atoms. The number of phenols is 2.